The van der Waals surface area contributed by atoms with E-state index in [1.807, 2.05) is 6.92 Å². The van der Waals surface area contributed by atoms with Gasteiger partial charge in [-0.05, 0) is 43.9 Å². The molecule has 0 heterocycles. The van der Waals surface area contributed by atoms with Crippen LogP contribution in [0.2, 0.25) is 0 Å². The first-order chi connectivity index (χ1) is 8.11. The number of aromatic carboxylic acids is 1. The Labute approximate surface area is 99.9 Å². The maximum absolute atomic E-state index is 13.5. The second kappa shape index (κ2) is 4.73. The van der Waals surface area contributed by atoms with Gasteiger partial charge in [-0.1, -0.05) is 0 Å². The van der Waals surface area contributed by atoms with Crippen LogP contribution in [0.15, 0.2) is 18.2 Å². The van der Waals surface area contributed by atoms with Gasteiger partial charge in [0, 0.05) is 18.8 Å². The number of halogens is 1. The van der Waals surface area contributed by atoms with E-state index in [2.05, 4.69) is 4.90 Å². The summed E-state index contributed by atoms with van der Waals surface area (Å²) in [4.78, 5) is 12.8. The largest absolute Gasteiger partial charge is 0.478 e. The highest BCUT2D eigenvalue weighted by molar-refractivity contribution is 5.88. The summed E-state index contributed by atoms with van der Waals surface area (Å²) in [5.41, 5.74) is 0.498. The van der Waals surface area contributed by atoms with E-state index >= 15 is 0 Å². The molecule has 0 spiro atoms. The minimum absolute atomic E-state index is 0.267. The molecule has 4 heteroatoms. The molecule has 0 saturated heterocycles. The molecule has 2 rings (SSSR count). The number of benzene rings is 1. The lowest BCUT2D eigenvalue weighted by atomic mass is 10.1. The summed E-state index contributed by atoms with van der Waals surface area (Å²) in [6.07, 6.45) is 2.48. The minimum atomic E-state index is -1.22. The standard InChI is InChI=1S/C13H16FNO2/c1-2-15(8-9-3-4-9)10-5-6-11(13(16)17)12(14)7-10/h5-7,9H,2-4,8H2,1H3,(H,16,17). The smallest absolute Gasteiger partial charge is 0.338 e. The fraction of sp³-hybridized carbons (Fsp3) is 0.462. The Kier molecular flexibility index (Phi) is 3.31. The van der Waals surface area contributed by atoms with Crippen molar-refractivity contribution in [1.29, 1.82) is 0 Å². The lowest BCUT2D eigenvalue weighted by Crippen LogP contribution is -2.25. The minimum Gasteiger partial charge on any atom is -0.478 e. The molecule has 0 radical (unpaired) electrons. The molecule has 0 amide bonds. The van der Waals surface area contributed by atoms with Crippen LogP contribution in [0.1, 0.15) is 30.1 Å². The first kappa shape index (κ1) is 11.9. The lowest BCUT2D eigenvalue weighted by molar-refractivity contribution is 0.0692. The molecular weight excluding hydrogens is 221 g/mol. The number of carbonyl (C=O) groups is 1. The van der Waals surface area contributed by atoms with E-state index in [4.69, 9.17) is 5.11 Å². The van der Waals surface area contributed by atoms with Gasteiger partial charge >= 0.3 is 5.97 Å². The van der Waals surface area contributed by atoms with Crippen molar-refractivity contribution in [2.75, 3.05) is 18.0 Å². The highest BCUT2D eigenvalue weighted by atomic mass is 19.1. The maximum Gasteiger partial charge on any atom is 0.338 e. The molecule has 92 valence electrons. The summed E-state index contributed by atoms with van der Waals surface area (Å²) in [5, 5.41) is 8.75. The predicted octanol–water partition coefficient (Wildman–Crippen LogP) is 2.76. The van der Waals surface area contributed by atoms with E-state index in [1.54, 1.807) is 6.07 Å². The third-order valence-electron chi connectivity index (χ3n) is 3.11. The zero-order valence-electron chi connectivity index (χ0n) is 9.82. The summed E-state index contributed by atoms with van der Waals surface area (Å²) in [6, 6.07) is 4.33. The van der Waals surface area contributed by atoms with Crippen molar-refractivity contribution in [3.63, 3.8) is 0 Å². The molecule has 0 atom stereocenters. The molecule has 1 aromatic rings. The van der Waals surface area contributed by atoms with E-state index in [0.29, 0.717) is 0 Å². The van der Waals surface area contributed by atoms with Gasteiger partial charge in [-0.2, -0.15) is 0 Å². The van der Waals surface area contributed by atoms with E-state index in [-0.39, 0.29) is 5.56 Å². The second-order valence-electron chi connectivity index (χ2n) is 4.45. The Hall–Kier alpha value is -1.58. The maximum atomic E-state index is 13.5. The van der Waals surface area contributed by atoms with E-state index in [0.717, 1.165) is 24.7 Å². The van der Waals surface area contributed by atoms with Gasteiger partial charge < -0.3 is 10.0 Å². The molecule has 1 aliphatic carbocycles. The van der Waals surface area contributed by atoms with Gasteiger partial charge in [-0.3, -0.25) is 0 Å². The normalized spacial score (nSPS) is 14.7. The number of hydrogen-bond acceptors (Lipinski definition) is 2. The van der Waals surface area contributed by atoms with Crippen LogP contribution in [0.4, 0.5) is 10.1 Å². The third kappa shape index (κ3) is 2.75. The summed E-state index contributed by atoms with van der Waals surface area (Å²) in [7, 11) is 0. The van der Waals surface area contributed by atoms with Crippen LogP contribution < -0.4 is 4.90 Å². The highest BCUT2D eigenvalue weighted by Gasteiger charge is 2.24. The Morgan fingerprint density at radius 1 is 1.53 bits per heavy atom. The van der Waals surface area contributed by atoms with Crippen LogP contribution in [0.25, 0.3) is 0 Å². The molecule has 1 fully saturated rings. The fourth-order valence-corrected chi connectivity index (χ4v) is 1.90. The molecule has 17 heavy (non-hydrogen) atoms. The van der Waals surface area contributed by atoms with Crippen LogP contribution >= 0.6 is 0 Å². The van der Waals surface area contributed by atoms with Crippen LogP contribution in [-0.2, 0) is 0 Å². The third-order valence-corrected chi connectivity index (χ3v) is 3.11. The summed E-state index contributed by atoms with van der Waals surface area (Å²) >= 11 is 0. The van der Waals surface area contributed by atoms with E-state index in [9.17, 15) is 9.18 Å². The first-order valence-electron chi connectivity index (χ1n) is 5.89. The van der Waals surface area contributed by atoms with Crippen molar-refractivity contribution in [2.45, 2.75) is 19.8 Å². The zero-order chi connectivity index (χ0) is 12.4. The van der Waals surface area contributed by atoms with Gasteiger partial charge in [0.05, 0.1) is 5.56 Å². The van der Waals surface area contributed by atoms with Crippen molar-refractivity contribution in [2.24, 2.45) is 5.92 Å². The average molecular weight is 237 g/mol. The van der Waals surface area contributed by atoms with Crippen molar-refractivity contribution >= 4 is 11.7 Å². The topological polar surface area (TPSA) is 40.5 Å². The SMILES string of the molecule is CCN(CC1CC1)c1ccc(C(=O)O)c(F)c1. The molecule has 0 aliphatic heterocycles. The Morgan fingerprint density at radius 3 is 2.71 bits per heavy atom. The van der Waals surface area contributed by atoms with Crippen LogP contribution in [0.5, 0.6) is 0 Å². The number of anilines is 1. The molecular formula is C13H16FNO2. The number of hydrogen-bond donors (Lipinski definition) is 1. The van der Waals surface area contributed by atoms with Crippen LogP contribution in [0.3, 0.4) is 0 Å². The molecule has 1 aromatic carbocycles. The predicted molar refractivity (Wildman–Crippen MR) is 64.0 cm³/mol. The van der Waals surface area contributed by atoms with Gasteiger partial charge in [0.15, 0.2) is 0 Å². The number of rotatable bonds is 5. The van der Waals surface area contributed by atoms with Crippen LogP contribution in [-0.4, -0.2) is 24.2 Å². The van der Waals surface area contributed by atoms with Gasteiger partial charge in [0.1, 0.15) is 5.82 Å². The van der Waals surface area contributed by atoms with Crippen LogP contribution in [0, 0.1) is 11.7 Å². The molecule has 0 bridgehead atoms. The summed E-state index contributed by atoms with van der Waals surface area (Å²) in [5.74, 6) is -1.17. The Bertz CT molecular complexity index is 429. The van der Waals surface area contributed by atoms with E-state index in [1.165, 1.54) is 25.0 Å². The number of carboxylic acid groups (broad SMARTS) is 1. The fourth-order valence-electron chi connectivity index (χ4n) is 1.90. The van der Waals surface area contributed by atoms with Crippen molar-refractivity contribution in [3.8, 4) is 0 Å². The average Bonchev–Trinajstić information content (AvgIpc) is 3.09. The molecule has 0 aromatic heterocycles. The van der Waals surface area contributed by atoms with Gasteiger partial charge in [-0.25, -0.2) is 9.18 Å². The van der Waals surface area contributed by atoms with E-state index < -0.39 is 11.8 Å². The van der Waals surface area contributed by atoms with Crippen molar-refractivity contribution < 1.29 is 14.3 Å². The molecule has 3 nitrogen and oxygen atoms in total. The van der Waals surface area contributed by atoms with Crippen molar-refractivity contribution in [3.05, 3.63) is 29.6 Å². The number of nitrogens with zero attached hydrogens (tertiary/aromatic N) is 1. The molecule has 1 N–H and O–H groups in total. The van der Waals surface area contributed by atoms with Gasteiger partial charge in [-0.15, -0.1) is 0 Å². The lowest BCUT2D eigenvalue weighted by Gasteiger charge is -2.23. The molecule has 0 unspecified atom stereocenters. The van der Waals surface area contributed by atoms with Gasteiger partial charge in [0.25, 0.3) is 0 Å². The quantitative estimate of drug-likeness (QED) is 0.856. The molecule has 1 saturated carbocycles. The Balaban J connectivity index is 2.19. The monoisotopic (exact) mass is 237 g/mol. The highest BCUT2D eigenvalue weighted by Crippen LogP contribution is 2.31. The molecule has 1 aliphatic rings. The van der Waals surface area contributed by atoms with Gasteiger partial charge in [0.2, 0.25) is 0 Å². The number of carboxylic acids is 1. The van der Waals surface area contributed by atoms with Crippen molar-refractivity contribution in [1.82, 2.24) is 0 Å². The first-order valence-corrected chi connectivity index (χ1v) is 5.89. The summed E-state index contributed by atoms with van der Waals surface area (Å²) < 4.78 is 13.5. The Morgan fingerprint density at radius 2 is 2.24 bits per heavy atom. The second-order valence-corrected chi connectivity index (χ2v) is 4.45. The zero-order valence-corrected chi connectivity index (χ0v) is 9.82. The summed E-state index contributed by atoms with van der Waals surface area (Å²) in [6.45, 7) is 3.76.